The van der Waals surface area contributed by atoms with Crippen molar-refractivity contribution in [2.45, 2.75) is 26.3 Å². The van der Waals surface area contributed by atoms with Crippen molar-refractivity contribution < 1.29 is 9.90 Å². The molecule has 0 aromatic carbocycles. The monoisotopic (exact) mass is 197 g/mol. The van der Waals surface area contributed by atoms with Gasteiger partial charge in [-0.05, 0) is 19.4 Å². The summed E-state index contributed by atoms with van der Waals surface area (Å²) in [5, 5.41) is 18.1. The topological polar surface area (TPSA) is 78.0 Å². The second-order valence-electron chi connectivity index (χ2n) is 3.20. The van der Waals surface area contributed by atoms with Crippen LogP contribution < -0.4 is 5.32 Å². The van der Waals surface area contributed by atoms with Crippen molar-refractivity contribution in [2.75, 3.05) is 6.61 Å². The number of rotatable bonds is 4. The predicted octanol–water partition coefficient (Wildman–Crippen LogP) is 0.219. The average molecular weight is 197 g/mol. The van der Waals surface area contributed by atoms with E-state index in [1.54, 1.807) is 6.07 Å². The molecule has 1 aromatic heterocycles. The second kappa shape index (κ2) is 4.76. The maximum Gasteiger partial charge on any atom is 0.272 e. The van der Waals surface area contributed by atoms with E-state index in [1.807, 2.05) is 13.8 Å². The molecule has 1 atom stereocenters. The van der Waals surface area contributed by atoms with E-state index in [9.17, 15) is 4.79 Å². The molecule has 5 nitrogen and oxygen atoms in total. The Morgan fingerprint density at radius 1 is 1.79 bits per heavy atom. The Kier molecular flexibility index (Phi) is 3.64. The van der Waals surface area contributed by atoms with Crippen molar-refractivity contribution in [1.82, 2.24) is 15.5 Å². The van der Waals surface area contributed by atoms with Gasteiger partial charge in [-0.2, -0.15) is 5.10 Å². The Morgan fingerprint density at radius 2 is 2.50 bits per heavy atom. The first kappa shape index (κ1) is 10.7. The number of amides is 1. The van der Waals surface area contributed by atoms with Crippen LogP contribution in [0.1, 0.15) is 29.5 Å². The van der Waals surface area contributed by atoms with Crippen LogP contribution in [0, 0.1) is 6.92 Å². The molecule has 0 bridgehead atoms. The molecular weight excluding hydrogens is 182 g/mol. The highest BCUT2D eigenvalue weighted by Gasteiger charge is 2.13. The van der Waals surface area contributed by atoms with Crippen molar-refractivity contribution >= 4 is 5.91 Å². The highest BCUT2D eigenvalue weighted by Crippen LogP contribution is 1.99. The van der Waals surface area contributed by atoms with Gasteiger partial charge in [-0.1, -0.05) is 6.92 Å². The molecule has 0 saturated heterocycles. The number of hydrogen-bond donors (Lipinski definition) is 3. The third kappa shape index (κ3) is 2.56. The van der Waals surface area contributed by atoms with Crippen LogP contribution in [0.25, 0.3) is 0 Å². The standard InChI is InChI=1S/C9H15N3O2/c1-3-7(5-13)10-9(14)8-4-6(2)11-12-8/h4,7,13H,3,5H2,1-2H3,(H,10,14)(H,11,12). The molecular formula is C9H15N3O2. The lowest BCUT2D eigenvalue weighted by molar-refractivity contribution is 0.0910. The Hall–Kier alpha value is -1.36. The van der Waals surface area contributed by atoms with E-state index in [0.717, 1.165) is 5.69 Å². The molecule has 0 aliphatic heterocycles. The molecule has 0 aliphatic rings. The van der Waals surface area contributed by atoms with Gasteiger partial charge in [-0.3, -0.25) is 9.89 Å². The predicted molar refractivity (Wildman–Crippen MR) is 52.0 cm³/mol. The Bertz CT molecular complexity index is 305. The molecule has 0 saturated carbocycles. The summed E-state index contributed by atoms with van der Waals surface area (Å²) >= 11 is 0. The quantitative estimate of drug-likeness (QED) is 0.646. The summed E-state index contributed by atoms with van der Waals surface area (Å²) in [5.41, 5.74) is 1.20. The van der Waals surface area contributed by atoms with Gasteiger partial charge >= 0.3 is 0 Å². The Labute approximate surface area is 82.5 Å². The number of aromatic amines is 1. The number of hydrogen-bond acceptors (Lipinski definition) is 3. The number of aryl methyl sites for hydroxylation is 1. The molecule has 1 rings (SSSR count). The van der Waals surface area contributed by atoms with Crippen molar-refractivity contribution in [1.29, 1.82) is 0 Å². The van der Waals surface area contributed by atoms with Crippen LogP contribution in [-0.4, -0.2) is 33.9 Å². The minimum absolute atomic E-state index is 0.0500. The van der Waals surface area contributed by atoms with Crippen LogP contribution in [0.15, 0.2) is 6.07 Å². The smallest absolute Gasteiger partial charge is 0.272 e. The zero-order valence-electron chi connectivity index (χ0n) is 8.37. The Balaban J connectivity index is 2.58. The lowest BCUT2D eigenvalue weighted by Crippen LogP contribution is -2.37. The number of H-pyrrole nitrogens is 1. The van der Waals surface area contributed by atoms with Gasteiger partial charge in [0.1, 0.15) is 5.69 Å². The molecule has 1 unspecified atom stereocenters. The average Bonchev–Trinajstić information content (AvgIpc) is 2.61. The fraction of sp³-hybridized carbons (Fsp3) is 0.556. The lowest BCUT2D eigenvalue weighted by atomic mass is 10.2. The number of aliphatic hydroxyl groups excluding tert-OH is 1. The minimum Gasteiger partial charge on any atom is -0.394 e. The van der Waals surface area contributed by atoms with E-state index in [-0.39, 0.29) is 18.6 Å². The molecule has 0 aliphatic carbocycles. The largest absolute Gasteiger partial charge is 0.394 e. The molecule has 0 radical (unpaired) electrons. The van der Waals surface area contributed by atoms with Gasteiger partial charge in [0.2, 0.25) is 0 Å². The fourth-order valence-electron chi connectivity index (χ4n) is 1.07. The number of aromatic nitrogens is 2. The summed E-state index contributed by atoms with van der Waals surface area (Å²) < 4.78 is 0. The van der Waals surface area contributed by atoms with Crippen LogP contribution >= 0.6 is 0 Å². The molecule has 0 spiro atoms. The molecule has 0 fully saturated rings. The third-order valence-corrected chi connectivity index (χ3v) is 1.99. The summed E-state index contributed by atoms with van der Waals surface area (Å²) in [7, 11) is 0. The molecule has 1 heterocycles. The van der Waals surface area contributed by atoms with E-state index in [0.29, 0.717) is 12.1 Å². The van der Waals surface area contributed by atoms with Gasteiger partial charge in [0.15, 0.2) is 0 Å². The van der Waals surface area contributed by atoms with Crippen LogP contribution in [0.3, 0.4) is 0 Å². The van der Waals surface area contributed by atoms with E-state index in [4.69, 9.17) is 5.11 Å². The van der Waals surface area contributed by atoms with Gasteiger partial charge in [0, 0.05) is 5.69 Å². The minimum atomic E-state index is -0.254. The summed E-state index contributed by atoms with van der Waals surface area (Å²) in [5.74, 6) is -0.254. The summed E-state index contributed by atoms with van der Waals surface area (Å²) in [6.07, 6.45) is 0.700. The second-order valence-corrected chi connectivity index (χ2v) is 3.20. The van der Waals surface area contributed by atoms with Crippen molar-refractivity contribution in [2.24, 2.45) is 0 Å². The summed E-state index contributed by atoms with van der Waals surface area (Å²) in [4.78, 5) is 11.5. The van der Waals surface area contributed by atoms with Gasteiger partial charge in [0.25, 0.3) is 5.91 Å². The SMILES string of the molecule is CCC(CO)NC(=O)c1cc(C)[nH]n1. The van der Waals surface area contributed by atoms with Gasteiger partial charge in [-0.25, -0.2) is 0 Å². The zero-order valence-corrected chi connectivity index (χ0v) is 8.37. The number of carbonyl (C=O) groups excluding carboxylic acids is 1. The first-order valence-corrected chi connectivity index (χ1v) is 4.61. The van der Waals surface area contributed by atoms with E-state index in [2.05, 4.69) is 15.5 Å². The van der Waals surface area contributed by atoms with Crippen LogP contribution in [0.2, 0.25) is 0 Å². The maximum atomic E-state index is 11.5. The zero-order chi connectivity index (χ0) is 10.6. The summed E-state index contributed by atoms with van der Waals surface area (Å²) in [6.45, 7) is 3.68. The molecule has 1 aromatic rings. The first-order chi connectivity index (χ1) is 6.67. The van der Waals surface area contributed by atoms with E-state index < -0.39 is 0 Å². The van der Waals surface area contributed by atoms with Gasteiger partial charge in [0.05, 0.1) is 12.6 Å². The van der Waals surface area contributed by atoms with Gasteiger partial charge in [-0.15, -0.1) is 0 Å². The number of aliphatic hydroxyl groups is 1. The summed E-state index contributed by atoms with van der Waals surface area (Å²) in [6, 6.07) is 1.47. The fourth-order valence-corrected chi connectivity index (χ4v) is 1.07. The number of carbonyl (C=O) groups is 1. The van der Waals surface area contributed by atoms with Crippen molar-refractivity contribution in [3.63, 3.8) is 0 Å². The van der Waals surface area contributed by atoms with Crippen molar-refractivity contribution in [3.05, 3.63) is 17.5 Å². The van der Waals surface area contributed by atoms with Crippen LogP contribution in [0.5, 0.6) is 0 Å². The molecule has 5 heteroatoms. The molecule has 14 heavy (non-hydrogen) atoms. The van der Waals surface area contributed by atoms with Crippen LogP contribution in [0.4, 0.5) is 0 Å². The number of nitrogens with one attached hydrogen (secondary N) is 2. The van der Waals surface area contributed by atoms with Gasteiger partial charge < -0.3 is 10.4 Å². The highest BCUT2D eigenvalue weighted by molar-refractivity contribution is 5.92. The van der Waals surface area contributed by atoms with Crippen LogP contribution in [-0.2, 0) is 0 Å². The van der Waals surface area contributed by atoms with E-state index >= 15 is 0 Å². The van der Waals surface area contributed by atoms with Crippen molar-refractivity contribution in [3.8, 4) is 0 Å². The lowest BCUT2D eigenvalue weighted by Gasteiger charge is -2.12. The molecule has 78 valence electrons. The first-order valence-electron chi connectivity index (χ1n) is 4.61. The van der Waals surface area contributed by atoms with E-state index in [1.165, 1.54) is 0 Å². The normalized spacial score (nSPS) is 12.5. The molecule has 1 amide bonds. The molecule has 3 N–H and O–H groups in total. The maximum absolute atomic E-state index is 11.5. The number of nitrogens with zero attached hydrogens (tertiary/aromatic N) is 1. The Morgan fingerprint density at radius 3 is 2.93 bits per heavy atom. The third-order valence-electron chi connectivity index (χ3n) is 1.99. The highest BCUT2D eigenvalue weighted by atomic mass is 16.3.